The molecule has 3 nitrogen and oxygen atoms in total. The largest absolute Gasteiger partial charge is 0.471 e. The molecule has 1 amide bonds. The highest BCUT2D eigenvalue weighted by Gasteiger charge is 2.38. The van der Waals surface area contributed by atoms with Gasteiger partial charge in [0, 0.05) is 11.4 Å². The first-order valence-electron chi connectivity index (χ1n) is 7.84. The SMILES string of the molecule is CC[Si](CC)(CC)OC(CCNC(=O)C(F)(F)F)c1cccs1. The van der Waals surface area contributed by atoms with Crippen molar-refractivity contribution in [3.63, 3.8) is 0 Å². The van der Waals surface area contributed by atoms with Crippen LogP contribution in [-0.2, 0) is 9.22 Å². The molecule has 1 unspecified atom stereocenters. The van der Waals surface area contributed by atoms with Gasteiger partial charge in [-0.25, -0.2) is 0 Å². The van der Waals surface area contributed by atoms with Crippen molar-refractivity contribution in [3.05, 3.63) is 22.4 Å². The van der Waals surface area contributed by atoms with E-state index < -0.39 is 20.4 Å². The predicted octanol–water partition coefficient (Wildman–Crippen LogP) is 4.88. The molecule has 1 N–H and O–H groups in total. The predicted molar refractivity (Wildman–Crippen MR) is 89.0 cm³/mol. The summed E-state index contributed by atoms with van der Waals surface area (Å²) in [6.07, 6.45) is -4.75. The van der Waals surface area contributed by atoms with Crippen LogP contribution in [0.2, 0.25) is 18.1 Å². The van der Waals surface area contributed by atoms with E-state index in [1.165, 1.54) is 11.3 Å². The van der Waals surface area contributed by atoms with Gasteiger partial charge in [0.05, 0.1) is 6.10 Å². The molecular weight excluding hydrogens is 343 g/mol. The normalized spacial score (nSPS) is 13.8. The lowest BCUT2D eigenvalue weighted by molar-refractivity contribution is -0.173. The molecule has 0 fully saturated rings. The number of alkyl halides is 3. The third-order valence-corrected chi connectivity index (χ3v) is 9.75. The summed E-state index contributed by atoms with van der Waals surface area (Å²) in [7, 11) is -1.88. The molecule has 1 rings (SSSR count). The molecule has 23 heavy (non-hydrogen) atoms. The number of carbonyl (C=O) groups excluding carboxylic acids is 1. The van der Waals surface area contributed by atoms with Crippen molar-refractivity contribution in [1.29, 1.82) is 0 Å². The van der Waals surface area contributed by atoms with Crippen molar-refractivity contribution < 1.29 is 22.4 Å². The van der Waals surface area contributed by atoms with Crippen molar-refractivity contribution in [3.8, 4) is 0 Å². The molecule has 132 valence electrons. The van der Waals surface area contributed by atoms with Gasteiger partial charge in [0.15, 0.2) is 8.32 Å². The van der Waals surface area contributed by atoms with Gasteiger partial charge in [-0.05, 0) is 36.0 Å². The number of carbonyl (C=O) groups is 1. The summed E-state index contributed by atoms with van der Waals surface area (Å²) >= 11 is 1.53. The summed E-state index contributed by atoms with van der Waals surface area (Å²) in [6.45, 7) is 6.27. The van der Waals surface area contributed by atoms with E-state index >= 15 is 0 Å². The van der Waals surface area contributed by atoms with Gasteiger partial charge in [-0.3, -0.25) is 4.79 Å². The van der Waals surface area contributed by atoms with Gasteiger partial charge < -0.3 is 9.74 Å². The summed E-state index contributed by atoms with van der Waals surface area (Å²) in [4.78, 5) is 11.9. The topological polar surface area (TPSA) is 38.3 Å². The minimum absolute atomic E-state index is 0.0530. The summed E-state index contributed by atoms with van der Waals surface area (Å²) < 4.78 is 43.2. The summed E-state index contributed by atoms with van der Waals surface area (Å²) in [5, 5.41) is 3.85. The molecule has 0 aliphatic rings. The van der Waals surface area contributed by atoms with Crippen LogP contribution >= 0.6 is 11.3 Å². The number of halogens is 3. The zero-order chi connectivity index (χ0) is 17.5. The Kier molecular flexibility index (Phi) is 7.76. The fourth-order valence-corrected chi connectivity index (χ4v) is 6.18. The molecule has 0 radical (unpaired) electrons. The van der Waals surface area contributed by atoms with E-state index in [9.17, 15) is 18.0 Å². The Morgan fingerprint density at radius 3 is 2.35 bits per heavy atom. The maximum absolute atomic E-state index is 12.2. The Labute approximate surface area is 140 Å². The molecule has 0 aromatic carbocycles. The van der Waals surface area contributed by atoms with Crippen molar-refractivity contribution in [2.24, 2.45) is 0 Å². The molecule has 8 heteroatoms. The molecule has 0 aliphatic carbocycles. The van der Waals surface area contributed by atoms with Crippen molar-refractivity contribution in [1.82, 2.24) is 5.32 Å². The maximum atomic E-state index is 12.2. The van der Waals surface area contributed by atoms with Crippen LogP contribution in [-0.4, -0.2) is 26.9 Å². The van der Waals surface area contributed by atoms with Crippen LogP contribution in [0.3, 0.4) is 0 Å². The van der Waals surface area contributed by atoms with Gasteiger partial charge in [0.25, 0.3) is 0 Å². The molecular formula is C15H24F3NO2SSi. The smallest absolute Gasteiger partial charge is 0.409 e. The van der Waals surface area contributed by atoms with E-state index in [4.69, 9.17) is 4.43 Å². The number of hydrogen-bond acceptors (Lipinski definition) is 3. The minimum Gasteiger partial charge on any atom is -0.409 e. The first-order valence-corrected chi connectivity index (χ1v) is 11.2. The highest BCUT2D eigenvalue weighted by atomic mass is 32.1. The molecule has 0 spiro atoms. The first-order chi connectivity index (χ1) is 10.8. The lowest BCUT2D eigenvalue weighted by Crippen LogP contribution is -2.40. The van der Waals surface area contributed by atoms with Gasteiger partial charge >= 0.3 is 12.1 Å². The van der Waals surface area contributed by atoms with Gasteiger partial charge in [0.1, 0.15) is 0 Å². The summed E-state index contributed by atoms with van der Waals surface area (Å²) in [5.41, 5.74) is 0. The van der Waals surface area contributed by atoms with Crippen molar-refractivity contribution >= 4 is 25.6 Å². The second-order valence-corrected chi connectivity index (χ2v) is 11.1. The minimum atomic E-state index is -4.84. The van der Waals surface area contributed by atoms with Gasteiger partial charge in [0.2, 0.25) is 0 Å². The summed E-state index contributed by atoms with van der Waals surface area (Å²) in [5.74, 6) is -1.90. The number of hydrogen-bond donors (Lipinski definition) is 1. The van der Waals surface area contributed by atoms with E-state index in [1.54, 1.807) is 0 Å². The summed E-state index contributed by atoms with van der Waals surface area (Å²) in [6, 6.07) is 6.74. The van der Waals surface area contributed by atoms with E-state index in [0.717, 1.165) is 23.0 Å². The molecule has 1 heterocycles. The molecule has 1 atom stereocenters. The van der Waals surface area contributed by atoms with Crippen LogP contribution in [0.4, 0.5) is 13.2 Å². The van der Waals surface area contributed by atoms with Crippen LogP contribution < -0.4 is 5.32 Å². The molecule has 0 saturated carbocycles. The van der Waals surface area contributed by atoms with Gasteiger partial charge in [-0.2, -0.15) is 13.2 Å². The van der Waals surface area contributed by atoms with Crippen LogP contribution in [0.5, 0.6) is 0 Å². The fourth-order valence-electron chi connectivity index (χ4n) is 2.45. The van der Waals surface area contributed by atoms with E-state index in [0.29, 0.717) is 6.42 Å². The Morgan fingerprint density at radius 2 is 1.91 bits per heavy atom. The Morgan fingerprint density at radius 1 is 1.30 bits per heavy atom. The fraction of sp³-hybridized carbons (Fsp3) is 0.667. The number of thiophene rings is 1. The van der Waals surface area contributed by atoms with Crippen LogP contribution in [0.1, 0.15) is 38.2 Å². The molecule has 0 saturated heterocycles. The second kappa shape index (κ2) is 8.84. The Bertz CT molecular complexity index is 467. The quantitative estimate of drug-likeness (QED) is 0.632. The Hall–Kier alpha value is -0.863. The Balaban J connectivity index is 2.73. The van der Waals surface area contributed by atoms with E-state index in [2.05, 4.69) is 20.8 Å². The molecule has 1 aromatic heterocycles. The lowest BCUT2D eigenvalue weighted by Gasteiger charge is -2.33. The average molecular weight is 368 g/mol. The monoisotopic (exact) mass is 367 g/mol. The zero-order valence-corrected chi connectivity index (χ0v) is 15.5. The van der Waals surface area contributed by atoms with Crippen molar-refractivity contribution in [2.45, 2.75) is 57.6 Å². The highest BCUT2D eigenvalue weighted by molar-refractivity contribution is 7.10. The maximum Gasteiger partial charge on any atom is 0.471 e. The molecule has 0 bridgehead atoms. The number of rotatable bonds is 9. The lowest BCUT2D eigenvalue weighted by atomic mass is 10.2. The van der Waals surface area contributed by atoms with Gasteiger partial charge in [-0.1, -0.05) is 26.8 Å². The first kappa shape index (κ1) is 20.2. The second-order valence-electron chi connectivity index (χ2n) is 5.41. The highest BCUT2D eigenvalue weighted by Crippen LogP contribution is 2.33. The van der Waals surface area contributed by atoms with Crippen molar-refractivity contribution in [2.75, 3.05) is 6.54 Å². The van der Waals surface area contributed by atoms with Crippen LogP contribution in [0.25, 0.3) is 0 Å². The molecule has 1 aromatic rings. The zero-order valence-electron chi connectivity index (χ0n) is 13.7. The third-order valence-electron chi connectivity index (χ3n) is 4.14. The third kappa shape index (κ3) is 5.93. The van der Waals surface area contributed by atoms with Gasteiger partial charge in [-0.15, -0.1) is 11.3 Å². The number of amides is 1. The number of nitrogens with one attached hydrogen (secondary N) is 1. The van der Waals surface area contributed by atoms with E-state index in [-0.39, 0.29) is 12.6 Å². The van der Waals surface area contributed by atoms with Crippen LogP contribution in [0, 0.1) is 0 Å². The van der Waals surface area contributed by atoms with Crippen LogP contribution in [0.15, 0.2) is 17.5 Å². The standard InChI is InChI=1S/C15H24F3NO2SSi/c1-4-23(5-2,6-3)21-12(13-8-7-11-22-13)9-10-19-14(20)15(16,17)18/h7-8,11-12H,4-6,9-10H2,1-3H3,(H,19,20). The van der Waals surface area contributed by atoms with E-state index in [1.807, 2.05) is 22.8 Å². The molecule has 0 aliphatic heterocycles. The average Bonchev–Trinajstić information content (AvgIpc) is 3.04.